The number of fused-ring (bicyclic) bond motifs is 1. The number of hydrogen-bond acceptors (Lipinski definition) is 6. The van der Waals surface area contributed by atoms with Crippen molar-refractivity contribution in [2.45, 2.75) is 18.7 Å². The summed E-state index contributed by atoms with van der Waals surface area (Å²) in [5, 5.41) is 4.67. The normalized spacial score (nSPS) is 16.6. The van der Waals surface area contributed by atoms with Crippen molar-refractivity contribution in [3.8, 4) is 11.6 Å². The maximum atomic E-state index is 12.7. The molecule has 1 N–H and O–H groups in total. The predicted molar refractivity (Wildman–Crippen MR) is 110 cm³/mol. The lowest BCUT2D eigenvalue weighted by Gasteiger charge is -2.17. The second-order valence-corrected chi connectivity index (χ2v) is 7.38. The smallest absolute Gasteiger partial charge is 0.417 e. The van der Waals surface area contributed by atoms with Crippen molar-refractivity contribution in [3.05, 3.63) is 70.8 Å². The quantitative estimate of drug-likeness (QED) is 0.522. The number of alkyl halides is 3. The van der Waals surface area contributed by atoms with Crippen molar-refractivity contribution in [1.82, 2.24) is 24.7 Å². The first-order chi connectivity index (χ1) is 15.4. The average Bonchev–Trinajstić information content (AvgIpc) is 3.41. The van der Waals surface area contributed by atoms with E-state index in [2.05, 4.69) is 20.1 Å². The molecule has 8 nitrogen and oxygen atoms in total. The van der Waals surface area contributed by atoms with E-state index in [-0.39, 0.29) is 17.5 Å². The van der Waals surface area contributed by atoms with Gasteiger partial charge in [-0.05, 0) is 18.2 Å². The van der Waals surface area contributed by atoms with Crippen molar-refractivity contribution >= 4 is 17.0 Å². The van der Waals surface area contributed by atoms with Gasteiger partial charge in [0.05, 0.1) is 24.0 Å². The molecule has 5 rings (SSSR count). The molecule has 0 saturated carbocycles. The summed E-state index contributed by atoms with van der Waals surface area (Å²) < 4.78 is 45.4. The van der Waals surface area contributed by atoms with Crippen LogP contribution in [-0.2, 0) is 6.18 Å². The molecule has 0 aliphatic carbocycles. The zero-order chi connectivity index (χ0) is 22.3. The van der Waals surface area contributed by atoms with Gasteiger partial charge in [-0.3, -0.25) is 9.78 Å². The minimum Gasteiger partial charge on any atom is -0.472 e. The van der Waals surface area contributed by atoms with Crippen LogP contribution in [0, 0.1) is 0 Å². The van der Waals surface area contributed by atoms with Crippen LogP contribution in [-0.4, -0.2) is 43.9 Å². The predicted octanol–water partition coefficient (Wildman–Crippen LogP) is 3.18. The maximum Gasteiger partial charge on any atom is 0.417 e. The van der Waals surface area contributed by atoms with E-state index in [0.29, 0.717) is 36.5 Å². The average molecular weight is 442 g/mol. The Bertz CT molecular complexity index is 1300. The summed E-state index contributed by atoms with van der Waals surface area (Å²) in [6.07, 6.45) is -1.93. The first-order valence-electron chi connectivity index (χ1n) is 9.87. The minimum atomic E-state index is -4.45. The minimum absolute atomic E-state index is 0.115. The van der Waals surface area contributed by atoms with Crippen LogP contribution in [0.4, 0.5) is 19.1 Å². The van der Waals surface area contributed by atoms with Gasteiger partial charge in [-0.15, -0.1) is 0 Å². The topological polar surface area (TPSA) is 88.9 Å². The summed E-state index contributed by atoms with van der Waals surface area (Å²) in [5.41, 5.74) is 0.0789. The van der Waals surface area contributed by atoms with Gasteiger partial charge in [0, 0.05) is 25.2 Å². The molecule has 0 bridgehead atoms. The van der Waals surface area contributed by atoms with Gasteiger partial charge < -0.3 is 9.64 Å². The number of aromatic nitrogens is 5. The molecule has 1 fully saturated rings. The summed E-state index contributed by atoms with van der Waals surface area (Å²) >= 11 is 0. The fraction of sp³-hybridized carbons (Fsp3) is 0.238. The van der Waals surface area contributed by atoms with Crippen LogP contribution in [0.3, 0.4) is 0 Å². The van der Waals surface area contributed by atoms with Crippen LogP contribution in [0.1, 0.15) is 12.0 Å². The molecule has 1 atom stereocenters. The van der Waals surface area contributed by atoms with Gasteiger partial charge in [-0.1, -0.05) is 18.2 Å². The molecule has 0 radical (unpaired) electrons. The SMILES string of the molecule is O=c1[nH]c(N2CCC(Oc3ccc(C(F)(F)F)cn3)C2)nc2c1cnn2-c1ccccc1. The molecule has 0 spiro atoms. The van der Waals surface area contributed by atoms with E-state index in [9.17, 15) is 18.0 Å². The standard InChI is InChI=1S/C21H17F3N6O2/c22-21(23,24)13-6-7-17(25-10-13)32-15-8-9-29(12-15)20-27-18-16(19(31)28-20)11-26-30(18)14-4-2-1-3-5-14/h1-7,10-11,15H,8-9,12H2,(H,27,28,31). The molecule has 1 saturated heterocycles. The number of anilines is 1. The van der Waals surface area contributed by atoms with Crippen LogP contribution in [0.5, 0.6) is 5.88 Å². The molecule has 32 heavy (non-hydrogen) atoms. The molecule has 1 unspecified atom stereocenters. The second kappa shape index (κ2) is 7.66. The van der Waals surface area contributed by atoms with Crippen LogP contribution in [0.15, 0.2) is 59.7 Å². The number of hydrogen-bond donors (Lipinski definition) is 1. The van der Waals surface area contributed by atoms with Gasteiger partial charge in [0.2, 0.25) is 11.8 Å². The van der Waals surface area contributed by atoms with Crippen LogP contribution in [0.2, 0.25) is 0 Å². The van der Waals surface area contributed by atoms with Gasteiger partial charge in [0.25, 0.3) is 5.56 Å². The van der Waals surface area contributed by atoms with Gasteiger partial charge in [0.1, 0.15) is 11.5 Å². The van der Waals surface area contributed by atoms with Gasteiger partial charge in [-0.25, -0.2) is 9.67 Å². The molecule has 1 aromatic carbocycles. The van der Waals surface area contributed by atoms with Crippen LogP contribution in [0.25, 0.3) is 16.7 Å². The Hall–Kier alpha value is -3.89. The molecule has 0 amide bonds. The highest BCUT2D eigenvalue weighted by atomic mass is 19.4. The Morgan fingerprint density at radius 1 is 1.09 bits per heavy atom. The Labute approximate surface area is 179 Å². The third kappa shape index (κ3) is 3.77. The second-order valence-electron chi connectivity index (χ2n) is 7.38. The number of ether oxygens (including phenoxy) is 1. The monoisotopic (exact) mass is 442 g/mol. The first kappa shape index (κ1) is 20.0. The summed E-state index contributed by atoms with van der Waals surface area (Å²) in [6.45, 7) is 0.954. The van der Waals surface area contributed by atoms with E-state index in [0.717, 1.165) is 18.0 Å². The molecular weight excluding hydrogens is 425 g/mol. The highest BCUT2D eigenvalue weighted by Crippen LogP contribution is 2.29. The van der Waals surface area contributed by atoms with Crippen molar-refractivity contribution < 1.29 is 17.9 Å². The van der Waals surface area contributed by atoms with Crippen molar-refractivity contribution in [3.63, 3.8) is 0 Å². The number of pyridine rings is 1. The highest BCUT2D eigenvalue weighted by Gasteiger charge is 2.31. The van der Waals surface area contributed by atoms with Gasteiger partial charge in [-0.2, -0.15) is 23.3 Å². The van der Waals surface area contributed by atoms with Crippen LogP contribution < -0.4 is 15.2 Å². The Kier molecular flexibility index (Phi) is 4.80. The number of benzene rings is 1. The molecule has 11 heteroatoms. The Morgan fingerprint density at radius 3 is 2.62 bits per heavy atom. The molecule has 164 valence electrons. The zero-order valence-corrected chi connectivity index (χ0v) is 16.6. The molecule has 4 aromatic rings. The third-order valence-electron chi connectivity index (χ3n) is 5.22. The number of halogens is 3. The fourth-order valence-electron chi connectivity index (χ4n) is 3.62. The largest absolute Gasteiger partial charge is 0.472 e. The Morgan fingerprint density at radius 2 is 1.91 bits per heavy atom. The highest BCUT2D eigenvalue weighted by molar-refractivity contribution is 5.76. The summed E-state index contributed by atoms with van der Waals surface area (Å²) in [6, 6.07) is 11.5. The van der Waals surface area contributed by atoms with E-state index in [4.69, 9.17) is 4.74 Å². The number of rotatable bonds is 4. The van der Waals surface area contributed by atoms with Crippen LogP contribution >= 0.6 is 0 Å². The molecule has 4 heterocycles. The fourth-order valence-corrected chi connectivity index (χ4v) is 3.62. The van der Waals surface area contributed by atoms with Crippen molar-refractivity contribution in [2.75, 3.05) is 18.0 Å². The molecular formula is C21H17F3N6O2. The number of para-hydroxylation sites is 1. The lowest BCUT2D eigenvalue weighted by atomic mass is 10.3. The first-order valence-corrected chi connectivity index (χ1v) is 9.87. The molecule has 1 aliphatic rings. The number of nitrogens with one attached hydrogen (secondary N) is 1. The summed E-state index contributed by atoms with van der Waals surface area (Å²) in [4.78, 5) is 25.6. The van der Waals surface area contributed by atoms with Gasteiger partial charge >= 0.3 is 6.18 Å². The van der Waals surface area contributed by atoms with Crippen molar-refractivity contribution in [1.29, 1.82) is 0 Å². The van der Waals surface area contributed by atoms with E-state index in [1.807, 2.05) is 35.2 Å². The van der Waals surface area contributed by atoms with E-state index >= 15 is 0 Å². The number of H-pyrrole nitrogens is 1. The molecule has 3 aromatic heterocycles. The van der Waals surface area contributed by atoms with E-state index in [1.54, 1.807) is 4.68 Å². The summed E-state index contributed by atoms with van der Waals surface area (Å²) in [5.74, 6) is 0.496. The van der Waals surface area contributed by atoms with E-state index in [1.165, 1.54) is 12.3 Å². The number of nitrogens with zero attached hydrogens (tertiary/aromatic N) is 5. The number of aromatic amines is 1. The molecule has 1 aliphatic heterocycles. The van der Waals surface area contributed by atoms with E-state index < -0.39 is 11.7 Å². The Balaban J connectivity index is 1.36. The lowest BCUT2D eigenvalue weighted by molar-refractivity contribution is -0.137. The van der Waals surface area contributed by atoms with Crippen molar-refractivity contribution in [2.24, 2.45) is 0 Å². The third-order valence-corrected chi connectivity index (χ3v) is 5.22. The van der Waals surface area contributed by atoms with Gasteiger partial charge in [0.15, 0.2) is 5.65 Å². The lowest BCUT2D eigenvalue weighted by Crippen LogP contribution is -2.28. The zero-order valence-electron chi connectivity index (χ0n) is 16.6. The maximum absolute atomic E-state index is 12.7. The summed E-state index contributed by atoms with van der Waals surface area (Å²) in [7, 11) is 0.